The summed E-state index contributed by atoms with van der Waals surface area (Å²) in [6, 6.07) is 4.43. The standard InChI is InChI=1S/C8H10ClNO3S/c9-4-3-6-1-2-7(10)8(5-6)14(11,12)13/h1-2,5H,3-4,10H2,(H,11,12,13). The van der Waals surface area contributed by atoms with Crippen LogP contribution in [-0.2, 0) is 16.5 Å². The lowest BCUT2D eigenvalue weighted by atomic mass is 10.1. The zero-order valence-electron chi connectivity index (χ0n) is 7.27. The largest absolute Gasteiger partial charge is 0.398 e. The van der Waals surface area contributed by atoms with E-state index in [9.17, 15) is 8.42 Å². The van der Waals surface area contributed by atoms with Gasteiger partial charge in [0.05, 0.1) is 5.69 Å². The highest BCUT2D eigenvalue weighted by Gasteiger charge is 2.13. The van der Waals surface area contributed by atoms with Crippen LogP contribution in [0.25, 0.3) is 0 Å². The van der Waals surface area contributed by atoms with E-state index < -0.39 is 10.1 Å². The van der Waals surface area contributed by atoms with Crippen LogP contribution < -0.4 is 5.73 Å². The van der Waals surface area contributed by atoms with Crippen molar-refractivity contribution >= 4 is 27.4 Å². The molecule has 0 amide bonds. The average molecular weight is 236 g/mol. The minimum Gasteiger partial charge on any atom is -0.398 e. The molecule has 4 nitrogen and oxygen atoms in total. The van der Waals surface area contributed by atoms with Crippen molar-refractivity contribution in [3.8, 4) is 0 Å². The van der Waals surface area contributed by atoms with Crippen LogP contribution in [-0.4, -0.2) is 18.9 Å². The van der Waals surface area contributed by atoms with E-state index in [2.05, 4.69) is 0 Å². The molecule has 0 saturated carbocycles. The quantitative estimate of drug-likeness (QED) is 0.470. The van der Waals surface area contributed by atoms with Gasteiger partial charge in [0.25, 0.3) is 10.1 Å². The third kappa shape index (κ3) is 2.60. The highest BCUT2D eigenvalue weighted by Crippen LogP contribution is 2.19. The Morgan fingerprint density at radius 3 is 2.57 bits per heavy atom. The Morgan fingerprint density at radius 1 is 1.43 bits per heavy atom. The van der Waals surface area contributed by atoms with E-state index in [0.717, 1.165) is 5.56 Å². The van der Waals surface area contributed by atoms with Gasteiger partial charge in [0.1, 0.15) is 4.90 Å². The van der Waals surface area contributed by atoms with Crippen molar-refractivity contribution in [1.82, 2.24) is 0 Å². The molecular formula is C8H10ClNO3S. The molecule has 0 heterocycles. The molecule has 0 fully saturated rings. The maximum atomic E-state index is 10.9. The fraction of sp³-hybridized carbons (Fsp3) is 0.250. The Bertz CT molecular complexity index is 430. The molecule has 1 rings (SSSR count). The number of alkyl halides is 1. The molecule has 0 unspecified atom stereocenters. The lowest BCUT2D eigenvalue weighted by molar-refractivity contribution is 0.483. The zero-order chi connectivity index (χ0) is 10.8. The van der Waals surface area contributed by atoms with Crippen molar-refractivity contribution in [1.29, 1.82) is 0 Å². The van der Waals surface area contributed by atoms with Gasteiger partial charge in [-0.1, -0.05) is 6.07 Å². The van der Waals surface area contributed by atoms with Gasteiger partial charge in [-0.15, -0.1) is 11.6 Å². The molecule has 0 aliphatic heterocycles. The van der Waals surface area contributed by atoms with Crippen molar-refractivity contribution in [2.24, 2.45) is 0 Å². The molecule has 0 aliphatic rings. The molecule has 0 atom stereocenters. The smallest absolute Gasteiger partial charge is 0.296 e. The zero-order valence-corrected chi connectivity index (χ0v) is 8.85. The van der Waals surface area contributed by atoms with Gasteiger partial charge in [0, 0.05) is 5.88 Å². The van der Waals surface area contributed by atoms with Crippen LogP contribution in [0, 0.1) is 0 Å². The molecule has 0 radical (unpaired) electrons. The minimum atomic E-state index is -4.24. The average Bonchev–Trinajstić information content (AvgIpc) is 2.07. The maximum Gasteiger partial charge on any atom is 0.296 e. The summed E-state index contributed by atoms with van der Waals surface area (Å²) in [5.74, 6) is 0.384. The van der Waals surface area contributed by atoms with Crippen molar-refractivity contribution in [2.45, 2.75) is 11.3 Å². The molecule has 0 bridgehead atoms. The molecule has 0 saturated heterocycles. The Kier molecular flexibility index (Phi) is 3.36. The van der Waals surface area contributed by atoms with E-state index >= 15 is 0 Å². The van der Waals surface area contributed by atoms with Crippen molar-refractivity contribution in [3.63, 3.8) is 0 Å². The fourth-order valence-electron chi connectivity index (χ4n) is 1.07. The van der Waals surface area contributed by atoms with E-state index in [4.69, 9.17) is 21.9 Å². The van der Waals surface area contributed by atoms with Crippen LogP contribution in [0.1, 0.15) is 5.56 Å². The van der Waals surface area contributed by atoms with Crippen LogP contribution in [0.4, 0.5) is 5.69 Å². The normalized spacial score (nSPS) is 11.6. The number of aryl methyl sites for hydroxylation is 1. The number of hydrogen-bond acceptors (Lipinski definition) is 3. The van der Waals surface area contributed by atoms with Crippen molar-refractivity contribution in [3.05, 3.63) is 23.8 Å². The number of hydrogen-bond donors (Lipinski definition) is 2. The van der Waals surface area contributed by atoms with Gasteiger partial charge in [-0.05, 0) is 24.1 Å². The molecule has 0 spiro atoms. The van der Waals surface area contributed by atoms with Crippen LogP contribution >= 0.6 is 11.6 Å². The summed E-state index contributed by atoms with van der Waals surface area (Å²) >= 11 is 5.50. The number of anilines is 1. The lowest BCUT2D eigenvalue weighted by Gasteiger charge is -2.04. The summed E-state index contributed by atoms with van der Waals surface area (Å²) < 4.78 is 30.5. The summed E-state index contributed by atoms with van der Waals surface area (Å²) in [7, 11) is -4.24. The number of benzene rings is 1. The topological polar surface area (TPSA) is 80.4 Å². The monoisotopic (exact) mass is 235 g/mol. The van der Waals surface area contributed by atoms with Gasteiger partial charge in [-0.2, -0.15) is 8.42 Å². The van der Waals surface area contributed by atoms with E-state index in [0.29, 0.717) is 12.3 Å². The first-order valence-electron chi connectivity index (χ1n) is 3.87. The van der Waals surface area contributed by atoms with Crippen LogP contribution in [0.2, 0.25) is 0 Å². The highest BCUT2D eigenvalue weighted by molar-refractivity contribution is 7.86. The molecule has 1 aromatic rings. The summed E-state index contributed by atoms with van der Waals surface area (Å²) in [5.41, 5.74) is 6.16. The van der Waals surface area contributed by atoms with Crippen LogP contribution in [0.15, 0.2) is 23.1 Å². The second-order valence-corrected chi connectivity index (χ2v) is 4.55. The molecule has 1 aromatic carbocycles. The molecule has 78 valence electrons. The molecule has 3 N–H and O–H groups in total. The summed E-state index contributed by atoms with van der Waals surface area (Å²) in [6.45, 7) is 0. The lowest BCUT2D eigenvalue weighted by Crippen LogP contribution is -2.04. The van der Waals surface area contributed by atoms with Crippen molar-refractivity contribution < 1.29 is 13.0 Å². The van der Waals surface area contributed by atoms with Gasteiger partial charge < -0.3 is 5.73 Å². The first-order chi connectivity index (χ1) is 6.45. The number of nitrogens with two attached hydrogens (primary N) is 1. The Balaban J connectivity index is 3.22. The summed E-state index contributed by atoms with van der Waals surface area (Å²) in [6.07, 6.45) is 0.532. The predicted molar refractivity (Wildman–Crippen MR) is 55.1 cm³/mol. The van der Waals surface area contributed by atoms with E-state index in [1.165, 1.54) is 12.1 Å². The number of rotatable bonds is 3. The Hall–Kier alpha value is -0.780. The van der Waals surface area contributed by atoms with Gasteiger partial charge in [-0.25, -0.2) is 0 Å². The van der Waals surface area contributed by atoms with Gasteiger partial charge >= 0.3 is 0 Å². The van der Waals surface area contributed by atoms with Crippen LogP contribution in [0.3, 0.4) is 0 Å². The van der Waals surface area contributed by atoms with E-state index in [1.807, 2.05) is 0 Å². The first-order valence-corrected chi connectivity index (χ1v) is 5.84. The molecule has 14 heavy (non-hydrogen) atoms. The molecule has 0 aliphatic carbocycles. The Labute approximate surface area is 87.4 Å². The molecular weight excluding hydrogens is 226 g/mol. The molecule has 0 aromatic heterocycles. The second-order valence-electron chi connectivity index (χ2n) is 2.79. The third-order valence-electron chi connectivity index (χ3n) is 1.74. The van der Waals surface area contributed by atoms with Gasteiger partial charge in [-0.3, -0.25) is 4.55 Å². The predicted octanol–water partition coefficient (Wildman–Crippen LogP) is 1.30. The Morgan fingerprint density at radius 2 is 2.07 bits per heavy atom. The van der Waals surface area contributed by atoms with Crippen molar-refractivity contribution in [2.75, 3.05) is 11.6 Å². The van der Waals surface area contributed by atoms with E-state index in [1.54, 1.807) is 6.07 Å². The summed E-state index contributed by atoms with van der Waals surface area (Å²) in [5, 5.41) is 0. The summed E-state index contributed by atoms with van der Waals surface area (Å²) in [4.78, 5) is -0.264. The fourth-order valence-corrected chi connectivity index (χ4v) is 1.95. The van der Waals surface area contributed by atoms with E-state index in [-0.39, 0.29) is 10.6 Å². The SMILES string of the molecule is Nc1ccc(CCCl)cc1S(=O)(=O)O. The number of halogens is 1. The highest BCUT2D eigenvalue weighted by atomic mass is 35.5. The van der Waals surface area contributed by atoms with Crippen LogP contribution in [0.5, 0.6) is 0 Å². The first kappa shape index (κ1) is 11.3. The maximum absolute atomic E-state index is 10.9. The van der Waals surface area contributed by atoms with Gasteiger partial charge in [0.2, 0.25) is 0 Å². The second kappa shape index (κ2) is 4.16. The van der Waals surface area contributed by atoms with Gasteiger partial charge in [0.15, 0.2) is 0 Å². The molecule has 6 heteroatoms. The minimum absolute atomic E-state index is 0.0332. The third-order valence-corrected chi connectivity index (χ3v) is 2.84. The number of nitrogen functional groups attached to an aromatic ring is 1.